The highest BCUT2D eigenvalue weighted by atomic mass is 32.2. The highest BCUT2D eigenvalue weighted by molar-refractivity contribution is 7.91. The van der Waals surface area contributed by atoms with Gasteiger partial charge in [0.15, 0.2) is 9.84 Å². The number of hydrogen-bond donors (Lipinski definition) is 2. The van der Waals surface area contributed by atoms with E-state index in [9.17, 15) is 22.8 Å². The summed E-state index contributed by atoms with van der Waals surface area (Å²) in [5.74, 6) is -2.58. The molecule has 2 N–H and O–H groups in total. The maximum atomic E-state index is 12.2. The van der Waals surface area contributed by atoms with Gasteiger partial charge in [-0.1, -0.05) is 0 Å². The number of nitrogens with one attached hydrogen (secondary N) is 1. The predicted molar refractivity (Wildman–Crippen MR) is 69.7 cm³/mol. The summed E-state index contributed by atoms with van der Waals surface area (Å²) in [7, 11) is -3.34. The second kappa shape index (κ2) is 6.21. The molecule has 0 radical (unpaired) electrons. The molecule has 1 aliphatic heterocycles. The highest BCUT2D eigenvalue weighted by Gasteiger charge is 2.36. The van der Waals surface area contributed by atoms with Gasteiger partial charge in [0.2, 0.25) is 11.8 Å². The number of hydrogen-bond acceptors (Lipinski definition) is 5. The van der Waals surface area contributed by atoms with Crippen LogP contribution in [-0.4, -0.2) is 66.3 Å². The Labute approximate surface area is 117 Å². The standard InChI is InChI=1S/C11H18N2O6S/c1-7(12-8(2)14)11(17)13-3-4-20(18,19)6-9(13)5-10(15)16/h7,9H,3-6H2,1-2H3,(H,12,14)(H,15,16). The van der Waals surface area contributed by atoms with Gasteiger partial charge in [0.1, 0.15) is 6.04 Å². The van der Waals surface area contributed by atoms with Crippen molar-refractivity contribution >= 4 is 27.6 Å². The van der Waals surface area contributed by atoms with Crippen molar-refractivity contribution in [2.75, 3.05) is 18.1 Å². The van der Waals surface area contributed by atoms with Crippen LogP contribution in [0.1, 0.15) is 20.3 Å². The van der Waals surface area contributed by atoms with Crippen LogP contribution in [0.5, 0.6) is 0 Å². The van der Waals surface area contributed by atoms with Gasteiger partial charge in [0.25, 0.3) is 0 Å². The summed E-state index contributed by atoms with van der Waals surface area (Å²) >= 11 is 0. The van der Waals surface area contributed by atoms with Gasteiger partial charge >= 0.3 is 5.97 Å². The SMILES string of the molecule is CC(=O)NC(C)C(=O)N1CCS(=O)(=O)CC1CC(=O)O. The van der Waals surface area contributed by atoms with E-state index in [1.165, 1.54) is 18.7 Å². The average molecular weight is 306 g/mol. The van der Waals surface area contributed by atoms with Gasteiger partial charge in [0.05, 0.1) is 24.0 Å². The molecule has 0 bridgehead atoms. The molecule has 20 heavy (non-hydrogen) atoms. The fraction of sp³-hybridized carbons (Fsp3) is 0.727. The van der Waals surface area contributed by atoms with Crippen LogP contribution in [0.25, 0.3) is 0 Å². The number of sulfone groups is 1. The third-order valence-electron chi connectivity index (χ3n) is 3.01. The quantitative estimate of drug-likeness (QED) is 0.660. The van der Waals surface area contributed by atoms with E-state index in [-0.39, 0.29) is 24.0 Å². The van der Waals surface area contributed by atoms with E-state index in [2.05, 4.69) is 5.32 Å². The topological polar surface area (TPSA) is 121 Å². The van der Waals surface area contributed by atoms with Crippen molar-refractivity contribution in [1.82, 2.24) is 10.2 Å². The Kier molecular flexibility index (Phi) is 5.09. The molecule has 1 heterocycles. The number of nitrogens with zero attached hydrogens (tertiary/aromatic N) is 1. The molecule has 0 aromatic heterocycles. The molecule has 2 atom stereocenters. The fourth-order valence-electron chi connectivity index (χ4n) is 2.16. The lowest BCUT2D eigenvalue weighted by molar-refractivity contribution is -0.142. The summed E-state index contributed by atoms with van der Waals surface area (Å²) in [6.45, 7) is 2.69. The number of carboxylic acid groups (broad SMARTS) is 1. The Morgan fingerprint density at radius 3 is 2.50 bits per heavy atom. The fourth-order valence-corrected chi connectivity index (χ4v) is 3.69. The first-order valence-corrected chi connectivity index (χ1v) is 7.94. The van der Waals surface area contributed by atoms with E-state index < -0.39 is 40.2 Å². The molecular formula is C11H18N2O6S. The van der Waals surface area contributed by atoms with Crippen LogP contribution in [0.4, 0.5) is 0 Å². The lowest BCUT2D eigenvalue weighted by Gasteiger charge is -2.36. The number of carbonyl (C=O) groups is 3. The van der Waals surface area contributed by atoms with Gasteiger partial charge in [-0.2, -0.15) is 0 Å². The Bertz CT molecular complexity index is 515. The smallest absolute Gasteiger partial charge is 0.305 e. The van der Waals surface area contributed by atoms with E-state index in [1.807, 2.05) is 0 Å². The summed E-state index contributed by atoms with van der Waals surface area (Å²) in [4.78, 5) is 35.1. The third-order valence-corrected chi connectivity index (χ3v) is 4.71. The summed E-state index contributed by atoms with van der Waals surface area (Å²) in [6.07, 6.45) is -0.433. The number of amides is 2. The van der Waals surface area contributed by atoms with Gasteiger partial charge < -0.3 is 15.3 Å². The largest absolute Gasteiger partial charge is 0.481 e. The normalized spacial score (nSPS) is 22.9. The van der Waals surface area contributed by atoms with E-state index in [4.69, 9.17) is 5.11 Å². The van der Waals surface area contributed by atoms with E-state index in [0.717, 1.165) is 0 Å². The number of carboxylic acids is 1. The monoisotopic (exact) mass is 306 g/mol. The molecule has 8 nitrogen and oxygen atoms in total. The Morgan fingerprint density at radius 1 is 1.40 bits per heavy atom. The maximum absolute atomic E-state index is 12.2. The second-order valence-electron chi connectivity index (χ2n) is 4.82. The van der Waals surface area contributed by atoms with Gasteiger partial charge in [-0.25, -0.2) is 8.42 Å². The zero-order valence-corrected chi connectivity index (χ0v) is 12.1. The minimum absolute atomic E-state index is 0.0525. The van der Waals surface area contributed by atoms with Crippen LogP contribution in [0.15, 0.2) is 0 Å². The van der Waals surface area contributed by atoms with Crippen molar-refractivity contribution < 1.29 is 27.9 Å². The first-order valence-electron chi connectivity index (χ1n) is 6.12. The molecule has 1 aliphatic rings. The van der Waals surface area contributed by atoms with E-state index in [0.29, 0.717) is 0 Å². The molecule has 0 saturated carbocycles. The molecule has 0 aromatic rings. The van der Waals surface area contributed by atoms with Crippen LogP contribution in [0, 0.1) is 0 Å². The second-order valence-corrected chi connectivity index (χ2v) is 7.05. The van der Waals surface area contributed by atoms with Crippen LogP contribution < -0.4 is 5.32 Å². The molecular weight excluding hydrogens is 288 g/mol. The van der Waals surface area contributed by atoms with Crippen molar-refractivity contribution in [1.29, 1.82) is 0 Å². The van der Waals surface area contributed by atoms with Crippen LogP contribution in [0.3, 0.4) is 0 Å². The average Bonchev–Trinajstić information content (AvgIpc) is 2.25. The highest BCUT2D eigenvalue weighted by Crippen LogP contribution is 2.16. The summed E-state index contributed by atoms with van der Waals surface area (Å²) in [5.41, 5.74) is 0. The van der Waals surface area contributed by atoms with Crippen LogP contribution in [-0.2, 0) is 24.2 Å². The molecule has 1 saturated heterocycles. The van der Waals surface area contributed by atoms with Crippen molar-refractivity contribution in [3.05, 3.63) is 0 Å². The molecule has 9 heteroatoms. The molecule has 1 rings (SSSR count). The van der Waals surface area contributed by atoms with E-state index >= 15 is 0 Å². The van der Waals surface area contributed by atoms with E-state index in [1.54, 1.807) is 0 Å². The van der Waals surface area contributed by atoms with Crippen molar-refractivity contribution in [3.8, 4) is 0 Å². The number of aliphatic carboxylic acids is 1. The first kappa shape index (κ1) is 16.4. The van der Waals surface area contributed by atoms with Gasteiger partial charge in [0, 0.05) is 13.5 Å². The summed E-state index contributed by atoms with van der Waals surface area (Å²) < 4.78 is 23.1. The molecule has 114 valence electrons. The molecule has 1 fully saturated rings. The summed E-state index contributed by atoms with van der Waals surface area (Å²) in [6, 6.07) is -1.71. The molecule has 2 unspecified atom stereocenters. The molecule has 0 spiro atoms. The van der Waals surface area contributed by atoms with Crippen molar-refractivity contribution in [2.45, 2.75) is 32.4 Å². The van der Waals surface area contributed by atoms with Gasteiger partial charge in [-0.15, -0.1) is 0 Å². The molecule has 0 aromatic carbocycles. The molecule has 2 amide bonds. The predicted octanol–water partition coefficient (Wildman–Crippen LogP) is -1.39. The minimum atomic E-state index is -3.34. The van der Waals surface area contributed by atoms with Gasteiger partial charge in [-0.05, 0) is 6.92 Å². The Hall–Kier alpha value is -1.64. The van der Waals surface area contributed by atoms with Crippen LogP contribution >= 0.6 is 0 Å². The van der Waals surface area contributed by atoms with Crippen LogP contribution in [0.2, 0.25) is 0 Å². The zero-order valence-electron chi connectivity index (χ0n) is 11.3. The minimum Gasteiger partial charge on any atom is -0.481 e. The number of carbonyl (C=O) groups excluding carboxylic acids is 2. The zero-order chi connectivity index (χ0) is 15.5. The first-order chi connectivity index (χ1) is 9.12. The van der Waals surface area contributed by atoms with Gasteiger partial charge in [-0.3, -0.25) is 14.4 Å². The Balaban J connectivity index is 2.87. The lowest BCUT2D eigenvalue weighted by Crippen LogP contribution is -2.56. The lowest BCUT2D eigenvalue weighted by atomic mass is 10.1. The Morgan fingerprint density at radius 2 is 2.00 bits per heavy atom. The maximum Gasteiger partial charge on any atom is 0.305 e. The molecule has 0 aliphatic carbocycles. The number of rotatable bonds is 4. The van der Waals surface area contributed by atoms with Crippen molar-refractivity contribution in [2.24, 2.45) is 0 Å². The third kappa shape index (κ3) is 4.48. The summed E-state index contributed by atoms with van der Waals surface area (Å²) in [5, 5.41) is 11.2. The van der Waals surface area contributed by atoms with Crippen molar-refractivity contribution in [3.63, 3.8) is 0 Å².